The van der Waals surface area contributed by atoms with E-state index in [0.29, 0.717) is 28.4 Å². The smallest absolute Gasteiger partial charge is 0.294 e. The van der Waals surface area contributed by atoms with Crippen molar-refractivity contribution in [1.29, 1.82) is 0 Å². The van der Waals surface area contributed by atoms with Crippen LogP contribution < -0.4 is 20.9 Å². The number of carbonyl (C=O) groups excluding carboxylic acids is 1. The van der Waals surface area contributed by atoms with E-state index in [1.165, 1.54) is 4.57 Å². The highest BCUT2D eigenvalue weighted by Gasteiger charge is 2.14. The maximum atomic E-state index is 12.9. The van der Waals surface area contributed by atoms with E-state index >= 15 is 0 Å². The minimum absolute atomic E-state index is 0.0762. The van der Waals surface area contributed by atoms with E-state index in [-0.39, 0.29) is 17.2 Å². The number of anilines is 3. The predicted molar refractivity (Wildman–Crippen MR) is 122 cm³/mol. The van der Waals surface area contributed by atoms with E-state index < -0.39 is 0 Å². The number of nitrogens with zero attached hydrogens (tertiary/aromatic N) is 4. The molecule has 3 heterocycles. The van der Waals surface area contributed by atoms with Crippen LogP contribution in [0.1, 0.15) is 5.69 Å². The first-order valence-electron chi connectivity index (χ1n) is 9.71. The second-order valence-corrected chi connectivity index (χ2v) is 6.95. The number of aromatic nitrogens is 4. The van der Waals surface area contributed by atoms with E-state index in [4.69, 9.17) is 4.74 Å². The number of hydrogen-bond acceptors (Lipinski definition) is 7. The molecule has 4 aromatic rings. The van der Waals surface area contributed by atoms with Crippen LogP contribution in [-0.2, 0) is 11.8 Å². The average molecular weight is 428 g/mol. The Labute approximate surface area is 183 Å². The fourth-order valence-electron chi connectivity index (χ4n) is 2.98. The minimum Gasteiger partial charge on any atom is -0.449 e. The van der Waals surface area contributed by atoms with Crippen molar-refractivity contribution in [3.05, 3.63) is 83.6 Å². The van der Waals surface area contributed by atoms with Gasteiger partial charge in [0, 0.05) is 24.3 Å². The molecule has 0 aliphatic rings. The summed E-state index contributed by atoms with van der Waals surface area (Å²) < 4.78 is 7.23. The Hall–Kier alpha value is -4.53. The molecule has 4 rings (SSSR count). The van der Waals surface area contributed by atoms with Crippen molar-refractivity contribution in [2.75, 3.05) is 10.6 Å². The van der Waals surface area contributed by atoms with Crippen LogP contribution in [-0.4, -0.2) is 25.4 Å². The third-order valence-electron chi connectivity index (χ3n) is 4.63. The van der Waals surface area contributed by atoms with Gasteiger partial charge < -0.3 is 15.4 Å². The summed E-state index contributed by atoms with van der Waals surface area (Å²) in [5.74, 6) is 0.353. The normalized spacial score (nSPS) is 10.6. The van der Waals surface area contributed by atoms with Crippen LogP contribution in [0.25, 0.3) is 11.0 Å². The van der Waals surface area contributed by atoms with Crippen LogP contribution in [0.4, 0.5) is 17.3 Å². The van der Waals surface area contributed by atoms with Gasteiger partial charge in [-0.2, -0.15) is 4.98 Å². The second-order valence-electron chi connectivity index (χ2n) is 6.95. The van der Waals surface area contributed by atoms with E-state index in [1.54, 1.807) is 49.8 Å². The van der Waals surface area contributed by atoms with Gasteiger partial charge in [0.05, 0.1) is 17.6 Å². The number of para-hydroxylation sites is 2. The average Bonchev–Trinajstić information content (AvgIpc) is 2.80. The molecular weight excluding hydrogens is 408 g/mol. The molecule has 0 unspecified atom stereocenters. The molecule has 1 amide bonds. The summed E-state index contributed by atoms with van der Waals surface area (Å²) in [6.45, 7) is 5.34. The number of fused-ring (bicyclic) bond motifs is 1. The van der Waals surface area contributed by atoms with E-state index in [2.05, 4.69) is 32.2 Å². The van der Waals surface area contributed by atoms with Crippen LogP contribution in [0.5, 0.6) is 11.5 Å². The molecule has 32 heavy (non-hydrogen) atoms. The Kier molecular flexibility index (Phi) is 5.63. The van der Waals surface area contributed by atoms with Gasteiger partial charge >= 0.3 is 0 Å². The van der Waals surface area contributed by atoms with Crippen molar-refractivity contribution in [2.24, 2.45) is 7.05 Å². The lowest BCUT2D eigenvalue weighted by Gasteiger charge is -2.13. The second kappa shape index (κ2) is 8.68. The van der Waals surface area contributed by atoms with Crippen molar-refractivity contribution in [2.45, 2.75) is 6.92 Å². The zero-order chi connectivity index (χ0) is 22.7. The summed E-state index contributed by atoms with van der Waals surface area (Å²) in [5.41, 5.74) is 2.10. The highest BCUT2D eigenvalue weighted by atomic mass is 16.5. The SMILES string of the molecule is C=CC(=O)Nc1ccccc1Oc1cc2cnc(Nc3ccc(C)nc3)nc2n(C)c1=O. The zero-order valence-corrected chi connectivity index (χ0v) is 17.5. The van der Waals surface area contributed by atoms with Crippen molar-refractivity contribution < 1.29 is 9.53 Å². The summed E-state index contributed by atoms with van der Waals surface area (Å²) in [7, 11) is 1.60. The summed E-state index contributed by atoms with van der Waals surface area (Å²) in [6, 6.07) is 12.1. The minimum atomic E-state index is -0.385. The first kappa shape index (κ1) is 20.7. The fraction of sp³-hybridized carbons (Fsp3) is 0.0870. The molecule has 0 fully saturated rings. The lowest BCUT2D eigenvalue weighted by molar-refractivity contribution is -0.111. The summed E-state index contributed by atoms with van der Waals surface area (Å²) >= 11 is 0. The van der Waals surface area contributed by atoms with E-state index in [9.17, 15) is 9.59 Å². The number of hydrogen-bond donors (Lipinski definition) is 2. The highest BCUT2D eigenvalue weighted by molar-refractivity contribution is 5.99. The van der Waals surface area contributed by atoms with Gasteiger partial charge in [-0.15, -0.1) is 0 Å². The Morgan fingerprint density at radius 2 is 1.94 bits per heavy atom. The lowest BCUT2D eigenvalue weighted by atomic mass is 10.2. The number of amides is 1. The van der Waals surface area contributed by atoms with Crippen LogP contribution in [0.15, 0.2) is 72.3 Å². The topological polar surface area (TPSA) is 111 Å². The predicted octanol–water partition coefficient (Wildman–Crippen LogP) is 3.69. The summed E-state index contributed by atoms with van der Waals surface area (Å²) in [4.78, 5) is 37.6. The third-order valence-corrected chi connectivity index (χ3v) is 4.63. The first-order valence-corrected chi connectivity index (χ1v) is 9.71. The molecule has 0 atom stereocenters. The fourth-order valence-corrected chi connectivity index (χ4v) is 2.98. The highest BCUT2D eigenvalue weighted by Crippen LogP contribution is 2.29. The molecule has 2 N–H and O–H groups in total. The first-order chi connectivity index (χ1) is 15.4. The van der Waals surface area contributed by atoms with Crippen molar-refractivity contribution in [3.63, 3.8) is 0 Å². The van der Waals surface area contributed by atoms with E-state index in [0.717, 1.165) is 17.5 Å². The Morgan fingerprint density at radius 3 is 2.69 bits per heavy atom. The van der Waals surface area contributed by atoms with E-state index in [1.807, 2.05) is 19.1 Å². The molecule has 1 aromatic carbocycles. The molecule has 9 nitrogen and oxygen atoms in total. The standard InChI is InChI=1S/C23H20N6O3/c1-4-20(30)27-17-7-5-6-8-18(17)32-19-11-15-12-25-23(28-21(15)29(3)22(19)31)26-16-10-9-14(2)24-13-16/h4-13H,1H2,2-3H3,(H,27,30)(H,25,26,28). The quantitative estimate of drug-likeness (QED) is 0.451. The number of ether oxygens (including phenoxy) is 1. The number of benzene rings is 1. The number of nitrogens with one attached hydrogen (secondary N) is 2. The van der Waals surface area contributed by atoms with Crippen LogP contribution in [0.2, 0.25) is 0 Å². The van der Waals surface area contributed by atoms with Gasteiger partial charge in [0.25, 0.3) is 5.56 Å². The maximum absolute atomic E-state index is 12.9. The van der Waals surface area contributed by atoms with Gasteiger partial charge in [-0.05, 0) is 43.3 Å². The Balaban J connectivity index is 1.67. The number of carbonyl (C=O) groups is 1. The van der Waals surface area contributed by atoms with Crippen molar-refractivity contribution >= 4 is 34.3 Å². The lowest BCUT2D eigenvalue weighted by Crippen LogP contribution is -2.20. The van der Waals surface area contributed by atoms with Crippen LogP contribution in [0, 0.1) is 6.92 Å². The Morgan fingerprint density at radius 1 is 1.12 bits per heavy atom. The Bertz CT molecular complexity index is 1380. The molecule has 0 aliphatic heterocycles. The largest absolute Gasteiger partial charge is 0.449 e. The molecular formula is C23H20N6O3. The molecule has 0 radical (unpaired) electrons. The maximum Gasteiger partial charge on any atom is 0.294 e. The number of aryl methyl sites for hydroxylation is 2. The van der Waals surface area contributed by atoms with Gasteiger partial charge in [0.1, 0.15) is 5.65 Å². The summed E-state index contributed by atoms with van der Waals surface area (Å²) in [6.07, 6.45) is 4.44. The summed E-state index contributed by atoms with van der Waals surface area (Å²) in [5, 5.41) is 6.35. The van der Waals surface area contributed by atoms with Gasteiger partial charge in [0.15, 0.2) is 11.5 Å². The van der Waals surface area contributed by atoms with Crippen LogP contribution in [0.3, 0.4) is 0 Å². The number of rotatable bonds is 6. The molecule has 0 spiro atoms. The zero-order valence-electron chi connectivity index (χ0n) is 17.5. The third kappa shape index (κ3) is 4.31. The molecule has 0 bridgehead atoms. The van der Waals surface area contributed by atoms with Gasteiger partial charge in [-0.25, -0.2) is 4.98 Å². The van der Waals surface area contributed by atoms with Gasteiger partial charge in [-0.1, -0.05) is 18.7 Å². The molecule has 160 valence electrons. The molecule has 3 aromatic heterocycles. The van der Waals surface area contributed by atoms with Gasteiger partial charge in [-0.3, -0.25) is 19.1 Å². The number of pyridine rings is 2. The van der Waals surface area contributed by atoms with Crippen molar-refractivity contribution in [1.82, 2.24) is 19.5 Å². The van der Waals surface area contributed by atoms with Crippen molar-refractivity contribution in [3.8, 4) is 11.5 Å². The van der Waals surface area contributed by atoms with Crippen LogP contribution >= 0.6 is 0 Å². The molecule has 0 saturated carbocycles. The molecule has 9 heteroatoms. The monoisotopic (exact) mass is 428 g/mol. The molecule has 0 saturated heterocycles. The molecule has 0 aliphatic carbocycles. The van der Waals surface area contributed by atoms with Gasteiger partial charge in [0.2, 0.25) is 11.9 Å².